The molecule has 0 atom stereocenters. The van der Waals surface area contributed by atoms with Gasteiger partial charge in [-0.3, -0.25) is 9.78 Å². The van der Waals surface area contributed by atoms with Crippen molar-refractivity contribution in [2.24, 2.45) is 0 Å². The first-order chi connectivity index (χ1) is 13.4. The number of sulfonamides is 1. The van der Waals surface area contributed by atoms with Crippen LogP contribution in [0.4, 0.5) is 5.69 Å². The predicted octanol–water partition coefficient (Wildman–Crippen LogP) is 2.85. The lowest BCUT2D eigenvalue weighted by Crippen LogP contribution is -2.35. The third-order valence-electron chi connectivity index (χ3n) is 4.52. The molecule has 1 amide bonds. The van der Waals surface area contributed by atoms with Crippen molar-refractivity contribution in [3.63, 3.8) is 0 Å². The number of carbonyl (C=O) groups is 1. The first-order valence-electron chi connectivity index (χ1n) is 8.69. The molecule has 4 rings (SSSR count). The van der Waals surface area contributed by atoms with E-state index in [1.165, 1.54) is 27.6 Å². The van der Waals surface area contributed by atoms with Gasteiger partial charge in [-0.2, -0.15) is 4.31 Å². The Balaban J connectivity index is 1.54. The van der Waals surface area contributed by atoms with Crippen LogP contribution in [0.3, 0.4) is 0 Å². The molecule has 3 heterocycles. The number of fused-ring (bicyclic) bond motifs is 1. The van der Waals surface area contributed by atoms with Gasteiger partial charge in [-0.25, -0.2) is 13.4 Å². The Hall–Kier alpha value is -2.62. The highest BCUT2D eigenvalue weighted by Crippen LogP contribution is 2.28. The maximum atomic E-state index is 13.1. The molecule has 0 saturated heterocycles. The van der Waals surface area contributed by atoms with Crippen LogP contribution in [-0.4, -0.2) is 35.1 Å². The van der Waals surface area contributed by atoms with E-state index < -0.39 is 15.9 Å². The van der Waals surface area contributed by atoms with Crippen LogP contribution < -0.4 is 5.32 Å². The summed E-state index contributed by atoms with van der Waals surface area (Å²) in [5.41, 5.74) is 2.32. The van der Waals surface area contributed by atoms with Crippen LogP contribution in [0.15, 0.2) is 53.0 Å². The molecule has 0 bridgehead atoms. The van der Waals surface area contributed by atoms with E-state index >= 15 is 0 Å². The van der Waals surface area contributed by atoms with Crippen molar-refractivity contribution in [3.05, 3.63) is 69.9 Å². The molecule has 0 aliphatic carbocycles. The van der Waals surface area contributed by atoms with Crippen LogP contribution in [0.5, 0.6) is 0 Å². The van der Waals surface area contributed by atoms with Gasteiger partial charge in [0.1, 0.15) is 5.69 Å². The summed E-state index contributed by atoms with van der Waals surface area (Å²) in [6, 6.07) is 8.24. The van der Waals surface area contributed by atoms with Gasteiger partial charge < -0.3 is 5.32 Å². The number of nitrogens with one attached hydrogen (secondary N) is 1. The lowest BCUT2D eigenvalue weighted by molar-refractivity contribution is 0.102. The van der Waals surface area contributed by atoms with Gasteiger partial charge >= 0.3 is 0 Å². The fourth-order valence-electron chi connectivity index (χ4n) is 3.02. The Bertz CT molecular complexity index is 1120. The Morgan fingerprint density at radius 1 is 1.21 bits per heavy atom. The second kappa shape index (κ2) is 7.42. The highest BCUT2D eigenvalue weighted by atomic mass is 32.2. The largest absolute Gasteiger partial charge is 0.321 e. The summed E-state index contributed by atoms with van der Waals surface area (Å²) < 4.78 is 27.6. The van der Waals surface area contributed by atoms with E-state index in [0.29, 0.717) is 24.5 Å². The van der Waals surface area contributed by atoms with Gasteiger partial charge in [0.2, 0.25) is 10.0 Å². The van der Waals surface area contributed by atoms with Gasteiger partial charge in [0.05, 0.1) is 16.8 Å². The van der Waals surface area contributed by atoms with Crippen LogP contribution >= 0.6 is 11.3 Å². The molecule has 28 heavy (non-hydrogen) atoms. The minimum absolute atomic E-state index is 0.152. The fraction of sp³-hybridized carbons (Fsp3) is 0.211. The molecule has 9 heteroatoms. The van der Waals surface area contributed by atoms with Gasteiger partial charge in [-0.05, 0) is 48.6 Å². The van der Waals surface area contributed by atoms with Gasteiger partial charge in [-0.1, -0.05) is 6.07 Å². The van der Waals surface area contributed by atoms with Crippen molar-refractivity contribution in [2.75, 3.05) is 11.9 Å². The number of benzene rings is 1. The van der Waals surface area contributed by atoms with Crippen LogP contribution in [0, 0.1) is 6.92 Å². The van der Waals surface area contributed by atoms with E-state index in [1.807, 2.05) is 11.4 Å². The highest BCUT2D eigenvalue weighted by molar-refractivity contribution is 7.89. The highest BCUT2D eigenvalue weighted by Gasteiger charge is 2.29. The van der Waals surface area contributed by atoms with Crippen molar-refractivity contribution in [2.45, 2.75) is 24.8 Å². The second-order valence-electron chi connectivity index (χ2n) is 6.48. The van der Waals surface area contributed by atoms with Crippen LogP contribution in [-0.2, 0) is 23.0 Å². The first kappa shape index (κ1) is 18.7. The first-order valence-corrected chi connectivity index (χ1v) is 11.0. The molecule has 0 fully saturated rings. The van der Waals surface area contributed by atoms with Crippen molar-refractivity contribution >= 4 is 33.0 Å². The molecular formula is C19H18N4O3S2. The molecule has 2 aromatic heterocycles. The number of hydrogen-bond donors (Lipinski definition) is 1. The summed E-state index contributed by atoms with van der Waals surface area (Å²) in [5, 5.41) is 4.67. The summed E-state index contributed by atoms with van der Waals surface area (Å²) in [4.78, 5) is 21.8. The van der Waals surface area contributed by atoms with E-state index in [4.69, 9.17) is 0 Å². The van der Waals surface area contributed by atoms with Crippen molar-refractivity contribution in [1.82, 2.24) is 14.3 Å². The molecule has 7 nitrogen and oxygen atoms in total. The smallest absolute Gasteiger partial charge is 0.275 e. The van der Waals surface area contributed by atoms with Gasteiger partial charge in [0.25, 0.3) is 5.91 Å². The van der Waals surface area contributed by atoms with Gasteiger partial charge in [-0.15, -0.1) is 11.3 Å². The molecule has 3 aromatic rings. The minimum atomic E-state index is -3.65. The molecule has 144 valence electrons. The molecule has 1 aromatic carbocycles. The van der Waals surface area contributed by atoms with Gasteiger partial charge in [0.15, 0.2) is 0 Å². The molecule has 1 aliphatic heterocycles. The van der Waals surface area contributed by atoms with Gasteiger partial charge in [0, 0.05) is 29.9 Å². The maximum absolute atomic E-state index is 13.1. The Morgan fingerprint density at radius 3 is 2.86 bits per heavy atom. The van der Waals surface area contributed by atoms with E-state index in [0.717, 1.165) is 12.0 Å². The lowest BCUT2D eigenvalue weighted by Gasteiger charge is -2.26. The number of carbonyl (C=O) groups excluding carboxylic acids is 1. The number of anilines is 1. The molecule has 0 spiro atoms. The molecule has 1 aliphatic rings. The van der Waals surface area contributed by atoms with E-state index in [-0.39, 0.29) is 10.6 Å². The standard InChI is InChI=1S/C19H18N4O3S2/c1-13-10-21-17(11-20-13)19(24)22-15-3-2-4-16(9-15)28(25,26)23-7-5-18-14(12-23)6-8-27-18/h2-4,6,8-11H,5,7,12H2,1H3,(H,22,24). The Morgan fingerprint density at radius 2 is 2.07 bits per heavy atom. The summed E-state index contributed by atoms with van der Waals surface area (Å²) in [7, 11) is -3.65. The van der Waals surface area contributed by atoms with E-state index in [9.17, 15) is 13.2 Å². The fourth-order valence-corrected chi connectivity index (χ4v) is 5.37. The average Bonchev–Trinajstić information content (AvgIpc) is 3.16. The Labute approximate surface area is 167 Å². The summed E-state index contributed by atoms with van der Waals surface area (Å²) in [6.45, 7) is 2.60. The Kier molecular flexibility index (Phi) is 4.96. The molecule has 0 unspecified atom stereocenters. The van der Waals surface area contributed by atoms with Crippen LogP contribution in [0.25, 0.3) is 0 Å². The third-order valence-corrected chi connectivity index (χ3v) is 7.38. The zero-order chi connectivity index (χ0) is 19.7. The summed E-state index contributed by atoms with van der Waals surface area (Å²) in [5.74, 6) is -0.442. The molecule has 1 N–H and O–H groups in total. The number of aryl methyl sites for hydroxylation is 1. The van der Waals surface area contributed by atoms with E-state index in [1.54, 1.807) is 36.5 Å². The topological polar surface area (TPSA) is 92.3 Å². The van der Waals surface area contributed by atoms with Crippen molar-refractivity contribution < 1.29 is 13.2 Å². The number of thiophene rings is 1. The van der Waals surface area contributed by atoms with E-state index in [2.05, 4.69) is 15.3 Å². The predicted molar refractivity (Wildman–Crippen MR) is 107 cm³/mol. The zero-order valence-electron chi connectivity index (χ0n) is 15.1. The van der Waals surface area contributed by atoms with Crippen molar-refractivity contribution in [1.29, 1.82) is 0 Å². The van der Waals surface area contributed by atoms with Crippen LogP contribution in [0.2, 0.25) is 0 Å². The average molecular weight is 415 g/mol. The molecule has 0 radical (unpaired) electrons. The number of nitrogens with zero attached hydrogens (tertiary/aromatic N) is 3. The SMILES string of the molecule is Cc1cnc(C(=O)Nc2cccc(S(=O)(=O)N3CCc4sccc4C3)c2)cn1. The second-order valence-corrected chi connectivity index (χ2v) is 9.42. The number of aromatic nitrogens is 2. The molecular weight excluding hydrogens is 396 g/mol. The number of amides is 1. The monoisotopic (exact) mass is 414 g/mol. The zero-order valence-corrected chi connectivity index (χ0v) is 16.8. The maximum Gasteiger partial charge on any atom is 0.275 e. The number of hydrogen-bond acceptors (Lipinski definition) is 6. The van der Waals surface area contributed by atoms with Crippen LogP contribution in [0.1, 0.15) is 26.6 Å². The summed E-state index contributed by atoms with van der Waals surface area (Å²) in [6.07, 6.45) is 3.61. The lowest BCUT2D eigenvalue weighted by atomic mass is 10.1. The minimum Gasteiger partial charge on any atom is -0.321 e. The number of rotatable bonds is 4. The normalized spacial score (nSPS) is 14.5. The summed E-state index contributed by atoms with van der Waals surface area (Å²) >= 11 is 1.66. The quantitative estimate of drug-likeness (QED) is 0.709. The molecule has 0 saturated carbocycles. The van der Waals surface area contributed by atoms with Crippen molar-refractivity contribution in [3.8, 4) is 0 Å². The third kappa shape index (κ3) is 3.68.